The fourth-order valence-electron chi connectivity index (χ4n) is 1.60. The molecular formula is C13H15NO2. The highest BCUT2D eigenvalue weighted by Crippen LogP contribution is 2.22. The number of rotatable bonds is 4. The Balaban J connectivity index is 2.20. The fraction of sp³-hybridized carbons (Fsp3) is 0.308. The molecule has 3 heteroatoms. The van der Waals surface area contributed by atoms with Crippen molar-refractivity contribution in [3.05, 3.63) is 47.5 Å². The van der Waals surface area contributed by atoms with Gasteiger partial charge in [0, 0.05) is 13.3 Å². The number of aryl methyl sites for hydroxylation is 1. The lowest BCUT2D eigenvalue weighted by Gasteiger charge is -2.01. The molecule has 0 aliphatic rings. The minimum Gasteiger partial charge on any atom is -0.464 e. The molecule has 0 radical (unpaired) electrons. The Bertz CT molecular complexity index is 448. The van der Waals surface area contributed by atoms with E-state index < -0.39 is 0 Å². The van der Waals surface area contributed by atoms with Gasteiger partial charge in [-0.1, -0.05) is 30.3 Å². The summed E-state index contributed by atoms with van der Waals surface area (Å²) in [6.07, 6.45) is 0.744. The molecule has 84 valence electrons. The van der Waals surface area contributed by atoms with Crippen LogP contribution in [0.4, 0.5) is 0 Å². The van der Waals surface area contributed by atoms with Crippen LogP contribution in [-0.4, -0.2) is 11.6 Å². The third kappa shape index (κ3) is 2.42. The zero-order chi connectivity index (χ0) is 11.4. The Labute approximate surface area is 95.1 Å². The van der Waals surface area contributed by atoms with Crippen molar-refractivity contribution in [3.63, 3.8) is 0 Å². The number of nitrogens with zero attached hydrogens (tertiary/aromatic N) is 1. The van der Waals surface area contributed by atoms with E-state index in [1.807, 2.05) is 32.0 Å². The van der Waals surface area contributed by atoms with Crippen molar-refractivity contribution in [1.29, 1.82) is 0 Å². The van der Waals surface area contributed by atoms with Gasteiger partial charge in [0.1, 0.15) is 5.69 Å². The van der Waals surface area contributed by atoms with E-state index in [1.54, 1.807) is 0 Å². The van der Waals surface area contributed by atoms with Crippen molar-refractivity contribution in [2.75, 3.05) is 6.61 Å². The van der Waals surface area contributed by atoms with Gasteiger partial charge in [0.15, 0.2) is 5.89 Å². The van der Waals surface area contributed by atoms with Crippen molar-refractivity contribution < 1.29 is 9.15 Å². The van der Waals surface area contributed by atoms with Gasteiger partial charge < -0.3 is 9.15 Å². The molecule has 1 aromatic heterocycles. The highest BCUT2D eigenvalue weighted by atomic mass is 16.6. The maximum absolute atomic E-state index is 5.40. The summed E-state index contributed by atoms with van der Waals surface area (Å²) in [6.45, 7) is 4.36. The minimum atomic E-state index is 0.545. The lowest BCUT2D eigenvalue weighted by molar-refractivity contribution is 0.250. The van der Waals surface area contributed by atoms with Gasteiger partial charge >= 0.3 is 5.95 Å². The molecule has 0 bridgehead atoms. The largest absolute Gasteiger partial charge is 0.464 e. The number of hydrogen-bond donors (Lipinski definition) is 0. The normalized spacial score (nSPS) is 10.4. The lowest BCUT2D eigenvalue weighted by atomic mass is 10.1. The Morgan fingerprint density at radius 2 is 2.00 bits per heavy atom. The number of hydrogen-bond acceptors (Lipinski definition) is 3. The van der Waals surface area contributed by atoms with Gasteiger partial charge in [-0.2, -0.15) is 0 Å². The third-order valence-electron chi connectivity index (χ3n) is 2.26. The molecular weight excluding hydrogens is 202 g/mol. The second-order valence-corrected chi connectivity index (χ2v) is 3.56. The maximum atomic E-state index is 5.40. The van der Waals surface area contributed by atoms with Gasteiger partial charge in [-0.3, -0.25) is 0 Å². The van der Waals surface area contributed by atoms with E-state index >= 15 is 0 Å². The van der Waals surface area contributed by atoms with Crippen molar-refractivity contribution in [2.24, 2.45) is 0 Å². The molecule has 0 aliphatic carbocycles. The van der Waals surface area contributed by atoms with Crippen LogP contribution in [0.25, 0.3) is 0 Å². The zero-order valence-electron chi connectivity index (χ0n) is 9.56. The average Bonchev–Trinajstić information content (AvgIpc) is 2.61. The van der Waals surface area contributed by atoms with Crippen LogP contribution in [0.1, 0.15) is 24.1 Å². The molecule has 3 nitrogen and oxygen atoms in total. The fourth-order valence-corrected chi connectivity index (χ4v) is 1.60. The van der Waals surface area contributed by atoms with Gasteiger partial charge in [-0.05, 0) is 12.5 Å². The first-order valence-corrected chi connectivity index (χ1v) is 5.42. The third-order valence-corrected chi connectivity index (χ3v) is 2.26. The van der Waals surface area contributed by atoms with E-state index in [0.717, 1.165) is 12.1 Å². The first kappa shape index (κ1) is 10.7. The number of benzene rings is 1. The molecule has 2 rings (SSSR count). The van der Waals surface area contributed by atoms with E-state index in [-0.39, 0.29) is 0 Å². The van der Waals surface area contributed by atoms with Crippen LogP contribution in [-0.2, 0) is 6.42 Å². The van der Waals surface area contributed by atoms with Gasteiger partial charge in [0.2, 0.25) is 0 Å². The van der Waals surface area contributed by atoms with Gasteiger partial charge in [0.25, 0.3) is 0 Å². The SMILES string of the molecule is CCOc1oc(C)nc1Cc1ccccc1. The molecule has 0 N–H and O–H groups in total. The summed E-state index contributed by atoms with van der Waals surface area (Å²) in [5.74, 6) is 1.19. The monoisotopic (exact) mass is 217 g/mol. The summed E-state index contributed by atoms with van der Waals surface area (Å²) in [7, 11) is 0. The topological polar surface area (TPSA) is 35.3 Å². The maximum Gasteiger partial charge on any atom is 0.308 e. The predicted octanol–water partition coefficient (Wildman–Crippen LogP) is 2.97. The molecule has 0 aliphatic heterocycles. The number of ether oxygens (including phenoxy) is 1. The minimum absolute atomic E-state index is 0.545. The molecule has 0 spiro atoms. The lowest BCUT2D eigenvalue weighted by Crippen LogP contribution is -1.95. The standard InChI is InChI=1S/C13H15NO2/c1-3-15-13-12(14-10(2)16-13)9-11-7-5-4-6-8-11/h4-8H,3,9H2,1-2H3. The van der Waals surface area contributed by atoms with E-state index in [2.05, 4.69) is 17.1 Å². The smallest absolute Gasteiger partial charge is 0.308 e. The molecule has 0 amide bonds. The van der Waals surface area contributed by atoms with Gasteiger partial charge in [-0.15, -0.1) is 0 Å². The van der Waals surface area contributed by atoms with Crippen LogP contribution < -0.4 is 4.74 Å². The summed E-state index contributed by atoms with van der Waals surface area (Å²) in [5.41, 5.74) is 2.07. The molecule has 0 saturated carbocycles. The highest BCUT2D eigenvalue weighted by molar-refractivity contribution is 5.26. The molecule has 0 atom stereocenters. The van der Waals surface area contributed by atoms with Crippen molar-refractivity contribution in [2.45, 2.75) is 20.3 Å². The van der Waals surface area contributed by atoms with Crippen molar-refractivity contribution >= 4 is 0 Å². The molecule has 0 saturated heterocycles. The van der Waals surface area contributed by atoms with Crippen molar-refractivity contribution in [3.8, 4) is 5.95 Å². The average molecular weight is 217 g/mol. The molecule has 0 fully saturated rings. The molecule has 2 aromatic rings. The van der Waals surface area contributed by atoms with E-state index in [0.29, 0.717) is 18.4 Å². The van der Waals surface area contributed by atoms with E-state index in [1.165, 1.54) is 5.56 Å². The van der Waals surface area contributed by atoms with Crippen LogP contribution in [0, 0.1) is 6.92 Å². The number of oxazole rings is 1. The Morgan fingerprint density at radius 1 is 1.25 bits per heavy atom. The summed E-state index contributed by atoms with van der Waals surface area (Å²) in [6, 6.07) is 10.2. The Morgan fingerprint density at radius 3 is 2.69 bits per heavy atom. The van der Waals surface area contributed by atoms with Gasteiger partial charge in [-0.25, -0.2) is 4.98 Å². The van der Waals surface area contributed by atoms with E-state index in [9.17, 15) is 0 Å². The van der Waals surface area contributed by atoms with Gasteiger partial charge in [0.05, 0.1) is 6.61 Å². The molecule has 1 aromatic carbocycles. The predicted molar refractivity (Wildman–Crippen MR) is 61.7 cm³/mol. The van der Waals surface area contributed by atoms with Crippen LogP contribution in [0.5, 0.6) is 5.95 Å². The zero-order valence-corrected chi connectivity index (χ0v) is 9.56. The van der Waals surface area contributed by atoms with Crippen LogP contribution in [0.15, 0.2) is 34.7 Å². The van der Waals surface area contributed by atoms with Crippen LogP contribution in [0.2, 0.25) is 0 Å². The van der Waals surface area contributed by atoms with Crippen molar-refractivity contribution in [1.82, 2.24) is 4.98 Å². The van der Waals surface area contributed by atoms with Crippen LogP contribution >= 0.6 is 0 Å². The molecule has 16 heavy (non-hydrogen) atoms. The summed E-state index contributed by atoms with van der Waals surface area (Å²) in [4.78, 5) is 4.33. The molecule has 0 unspecified atom stereocenters. The first-order chi connectivity index (χ1) is 7.79. The second kappa shape index (κ2) is 4.84. The van der Waals surface area contributed by atoms with E-state index in [4.69, 9.17) is 9.15 Å². The quantitative estimate of drug-likeness (QED) is 0.789. The summed E-state index contributed by atoms with van der Waals surface area (Å²) in [5, 5.41) is 0. The summed E-state index contributed by atoms with van der Waals surface area (Å²) < 4.78 is 10.8. The van der Waals surface area contributed by atoms with Crippen LogP contribution in [0.3, 0.4) is 0 Å². The molecule has 1 heterocycles. The summed E-state index contributed by atoms with van der Waals surface area (Å²) >= 11 is 0. The first-order valence-electron chi connectivity index (χ1n) is 5.42. The Hall–Kier alpha value is -1.77. The second-order valence-electron chi connectivity index (χ2n) is 3.56. The Kier molecular flexibility index (Phi) is 3.25. The number of aromatic nitrogens is 1. The highest BCUT2D eigenvalue weighted by Gasteiger charge is 2.12.